The van der Waals surface area contributed by atoms with Gasteiger partial charge in [-0.25, -0.2) is 9.59 Å². The number of ether oxygens (including phenoxy) is 2. The molecule has 0 bridgehead atoms. The van der Waals surface area contributed by atoms with E-state index in [2.05, 4.69) is 35.8 Å². The number of aryl methyl sites for hydroxylation is 1. The Morgan fingerprint density at radius 2 is 1.64 bits per heavy atom. The third-order valence-corrected chi connectivity index (χ3v) is 4.70. The molecule has 0 spiro atoms. The first kappa shape index (κ1) is 18.0. The maximum Gasteiger partial charge on any atom is 0.348 e. The highest BCUT2D eigenvalue weighted by Crippen LogP contribution is 2.26. The fourth-order valence-corrected chi connectivity index (χ4v) is 3.28. The van der Waals surface area contributed by atoms with Gasteiger partial charge < -0.3 is 14.0 Å². The number of hydrogen-bond acceptors (Lipinski definition) is 4. The second-order valence-corrected chi connectivity index (χ2v) is 7.48. The van der Waals surface area contributed by atoms with Gasteiger partial charge in [-0.1, -0.05) is 35.9 Å². The van der Waals surface area contributed by atoms with Gasteiger partial charge in [0.25, 0.3) is 5.79 Å². The van der Waals surface area contributed by atoms with Gasteiger partial charge in [-0.2, -0.15) is 0 Å². The summed E-state index contributed by atoms with van der Waals surface area (Å²) < 4.78 is 12.5. The van der Waals surface area contributed by atoms with Gasteiger partial charge in [0.15, 0.2) is 0 Å². The molecule has 142 valence electrons. The molecule has 0 saturated carbocycles. The molecule has 0 aliphatic carbocycles. The number of hydrogen-bond donors (Lipinski definition) is 0. The van der Waals surface area contributed by atoms with Crippen LogP contribution in [0.4, 0.5) is 0 Å². The van der Waals surface area contributed by atoms with Crippen molar-refractivity contribution in [2.24, 2.45) is 0 Å². The van der Waals surface area contributed by atoms with Crippen LogP contribution in [-0.2, 0) is 25.6 Å². The molecule has 2 aromatic carbocycles. The van der Waals surface area contributed by atoms with Crippen molar-refractivity contribution in [1.29, 1.82) is 0 Å². The number of benzene rings is 2. The first-order valence-electron chi connectivity index (χ1n) is 9.14. The summed E-state index contributed by atoms with van der Waals surface area (Å²) in [6.07, 6.45) is 3.55. The Labute approximate surface area is 163 Å². The normalized spacial score (nSPS) is 16.0. The van der Waals surface area contributed by atoms with Crippen molar-refractivity contribution >= 4 is 28.9 Å². The van der Waals surface area contributed by atoms with E-state index in [9.17, 15) is 9.59 Å². The van der Waals surface area contributed by atoms with Crippen molar-refractivity contribution in [3.05, 3.63) is 77.0 Å². The molecule has 0 unspecified atom stereocenters. The van der Waals surface area contributed by atoms with Crippen molar-refractivity contribution in [3.8, 4) is 0 Å². The van der Waals surface area contributed by atoms with Gasteiger partial charge in [0, 0.05) is 37.5 Å². The molecule has 0 radical (unpaired) electrons. The minimum absolute atomic E-state index is 0.0993. The zero-order valence-corrected chi connectivity index (χ0v) is 16.1. The second kappa shape index (κ2) is 6.68. The van der Waals surface area contributed by atoms with Crippen LogP contribution in [0.15, 0.2) is 60.3 Å². The highest BCUT2D eigenvalue weighted by molar-refractivity contribution is 6.19. The van der Waals surface area contributed by atoms with Crippen LogP contribution >= 0.6 is 0 Å². The van der Waals surface area contributed by atoms with E-state index in [0.717, 1.165) is 23.0 Å². The zero-order valence-electron chi connectivity index (χ0n) is 16.1. The van der Waals surface area contributed by atoms with Gasteiger partial charge >= 0.3 is 11.9 Å². The predicted octanol–water partition coefficient (Wildman–Crippen LogP) is 4.22. The van der Waals surface area contributed by atoms with Crippen molar-refractivity contribution in [2.45, 2.75) is 33.1 Å². The molecule has 1 aliphatic rings. The molecule has 1 aromatic heterocycles. The number of cyclic esters (lactones) is 2. The lowest BCUT2D eigenvalue weighted by Crippen LogP contribution is -2.41. The number of fused-ring (bicyclic) bond motifs is 1. The predicted molar refractivity (Wildman–Crippen MR) is 106 cm³/mol. The first-order valence-corrected chi connectivity index (χ1v) is 9.14. The number of nitrogens with zero attached hydrogens (tertiary/aromatic N) is 1. The second-order valence-electron chi connectivity index (χ2n) is 7.48. The third kappa shape index (κ3) is 3.56. The number of aromatic nitrogens is 1. The summed E-state index contributed by atoms with van der Waals surface area (Å²) in [5.74, 6) is -2.57. The fraction of sp³-hybridized carbons (Fsp3) is 0.217. The molecule has 28 heavy (non-hydrogen) atoms. The number of esters is 2. The Bertz CT molecular complexity index is 1080. The molecule has 0 amide bonds. The van der Waals surface area contributed by atoms with E-state index < -0.39 is 17.7 Å². The van der Waals surface area contributed by atoms with Crippen LogP contribution in [0.3, 0.4) is 0 Å². The molecule has 1 aliphatic heterocycles. The fourth-order valence-electron chi connectivity index (χ4n) is 3.28. The van der Waals surface area contributed by atoms with E-state index in [-0.39, 0.29) is 5.57 Å². The summed E-state index contributed by atoms with van der Waals surface area (Å²) in [6.45, 7) is 5.91. The van der Waals surface area contributed by atoms with Gasteiger partial charge in [-0.15, -0.1) is 0 Å². The lowest BCUT2D eigenvalue weighted by molar-refractivity contribution is -0.222. The van der Waals surface area contributed by atoms with E-state index in [1.54, 1.807) is 0 Å². The van der Waals surface area contributed by atoms with Crippen molar-refractivity contribution in [3.63, 3.8) is 0 Å². The highest BCUT2D eigenvalue weighted by atomic mass is 16.7. The van der Waals surface area contributed by atoms with Gasteiger partial charge in [0.2, 0.25) is 0 Å². The Morgan fingerprint density at radius 3 is 2.32 bits per heavy atom. The quantitative estimate of drug-likeness (QED) is 0.391. The Morgan fingerprint density at radius 1 is 0.964 bits per heavy atom. The largest absolute Gasteiger partial charge is 0.419 e. The Balaban J connectivity index is 1.62. The number of carbonyl (C=O) groups is 2. The van der Waals surface area contributed by atoms with Crippen LogP contribution in [0.1, 0.15) is 30.5 Å². The Hall–Kier alpha value is -3.34. The van der Waals surface area contributed by atoms with Crippen molar-refractivity contribution in [1.82, 2.24) is 4.57 Å². The molecular formula is C23H21NO4. The number of carbonyl (C=O) groups excluding carboxylic acids is 2. The van der Waals surface area contributed by atoms with Gasteiger partial charge in [0.05, 0.1) is 0 Å². The van der Waals surface area contributed by atoms with Crippen LogP contribution in [-0.4, -0.2) is 22.3 Å². The summed E-state index contributed by atoms with van der Waals surface area (Å²) in [7, 11) is 0. The number of rotatable bonds is 3. The van der Waals surface area contributed by atoms with Crippen LogP contribution in [0, 0.1) is 6.92 Å². The van der Waals surface area contributed by atoms with Crippen molar-refractivity contribution < 1.29 is 19.1 Å². The average molecular weight is 375 g/mol. The Kier molecular flexibility index (Phi) is 4.30. The van der Waals surface area contributed by atoms with Crippen molar-refractivity contribution in [2.75, 3.05) is 0 Å². The van der Waals surface area contributed by atoms with Crippen LogP contribution < -0.4 is 0 Å². The smallest absolute Gasteiger partial charge is 0.348 e. The topological polar surface area (TPSA) is 57.5 Å². The highest BCUT2D eigenvalue weighted by Gasteiger charge is 2.38. The summed E-state index contributed by atoms with van der Waals surface area (Å²) in [6, 6.07) is 16.3. The van der Waals surface area contributed by atoms with E-state index in [4.69, 9.17) is 9.47 Å². The maximum atomic E-state index is 12.1. The minimum Gasteiger partial charge on any atom is -0.419 e. The standard InChI is InChI=1S/C23H21NO4/c1-15-4-6-16(7-5-15)14-24-11-10-18-12-17(8-9-20(18)24)13-19-21(25)27-23(2,3)28-22(19)26/h4-13H,14H2,1-3H3. The van der Waals surface area contributed by atoms with Gasteiger partial charge in [-0.05, 0) is 42.3 Å². The lowest BCUT2D eigenvalue weighted by Gasteiger charge is -2.29. The van der Waals surface area contributed by atoms with Gasteiger partial charge in [0.1, 0.15) is 5.57 Å². The van der Waals surface area contributed by atoms with Gasteiger partial charge in [-0.3, -0.25) is 0 Å². The first-order chi connectivity index (χ1) is 13.3. The monoisotopic (exact) mass is 375 g/mol. The summed E-state index contributed by atoms with van der Waals surface area (Å²) >= 11 is 0. The maximum absolute atomic E-state index is 12.1. The molecule has 5 heteroatoms. The summed E-state index contributed by atoms with van der Waals surface area (Å²) in [4.78, 5) is 24.2. The van der Waals surface area contributed by atoms with E-state index >= 15 is 0 Å². The van der Waals surface area contributed by atoms with Crippen LogP contribution in [0.5, 0.6) is 0 Å². The molecule has 3 aromatic rings. The zero-order chi connectivity index (χ0) is 19.9. The summed E-state index contributed by atoms with van der Waals surface area (Å²) in [5.41, 5.74) is 4.19. The molecule has 2 heterocycles. The van der Waals surface area contributed by atoms with E-state index in [1.165, 1.54) is 31.1 Å². The molecule has 0 atom stereocenters. The lowest BCUT2D eigenvalue weighted by atomic mass is 10.1. The molecule has 5 nitrogen and oxygen atoms in total. The minimum atomic E-state index is -1.23. The SMILES string of the molecule is Cc1ccc(Cn2ccc3cc(C=C4C(=O)OC(C)(C)OC4=O)ccc32)cc1. The molecule has 1 saturated heterocycles. The van der Waals surface area contributed by atoms with Crippen LogP contribution in [0.25, 0.3) is 17.0 Å². The molecular weight excluding hydrogens is 354 g/mol. The molecule has 0 N–H and O–H groups in total. The summed E-state index contributed by atoms with van der Waals surface area (Å²) in [5, 5.41) is 1.03. The van der Waals surface area contributed by atoms with E-state index in [1.807, 2.05) is 30.5 Å². The third-order valence-electron chi connectivity index (χ3n) is 4.70. The van der Waals surface area contributed by atoms with E-state index in [0.29, 0.717) is 0 Å². The molecule has 4 rings (SSSR count). The average Bonchev–Trinajstić information content (AvgIpc) is 3.01. The van der Waals surface area contributed by atoms with Crippen LogP contribution in [0.2, 0.25) is 0 Å². The molecule has 1 fully saturated rings.